The van der Waals surface area contributed by atoms with Crippen LogP contribution in [0.5, 0.6) is 5.75 Å². The summed E-state index contributed by atoms with van der Waals surface area (Å²) in [5.41, 5.74) is 2.21. The maximum Gasteiger partial charge on any atom is 0.138 e. The number of aromatic nitrogens is 1. The van der Waals surface area contributed by atoms with Crippen LogP contribution in [0.25, 0.3) is 5.69 Å². The lowest BCUT2D eigenvalue weighted by molar-refractivity contribution is 0.0258. The van der Waals surface area contributed by atoms with E-state index in [2.05, 4.69) is 34.0 Å². The lowest BCUT2D eigenvalue weighted by atomic mass is 10.2. The molecule has 0 aliphatic carbocycles. The second kappa shape index (κ2) is 6.55. The van der Waals surface area contributed by atoms with Gasteiger partial charge in [0.05, 0.1) is 26.5 Å². The summed E-state index contributed by atoms with van der Waals surface area (Å²) in [6.45, 7) is 2.38. The summed E-state index contributed by atoms with van der Waals surface area (Å²) in [7, 11) is 1.68. The van der Waals surface area contributed by atoms with Crippen LogP contribution >= 0.6 is 0 Å². The van der Waals surface area contributed by atoms with Crippen molar-refractivity contribution < 1.29 is 13.9 Å². The summed E-state index contributed by atoms with van der Waals surface area (Å²) >= 11 is 0. The fourth-order valence-corrected chi connectivity index (χ4v) is 3.07. The molecule has 4 rings (SSSR count). The van der Waals surface area contributed by atoms with Gasteiger partial charge in [-0.15, -0.1) is 0 Å². The summed E-state index contributed by atoms with van der Waals surface area (Å²) < 4.78 is 18.8. The van der Waals surface area contributed by atoms with E-state index < -0.39 is 0 Å². The van der Waals surface area contributed by atoms with Gasteiger partial charge in [0.1, 0.15) is 17.7 Å². The van der Waals surface area contributed by atoms with E-state index in [1.807, 2.05) is 30.3 Å². The van der Waals surface area contributed by atoms with Crippen molar-refractivity contribution in [1.29, 1.82) is 0 Å². The Labute approximate surface area is 141 Å². The van der Waals surface area contributed by atoms with Crippen molar-refractivity contribution in [1.82, 2.24) is 9.47 Å². The van der Waals surface area contributed by atoms with Crippen molar-refractivity contribution in [3.63, 3.8) is 0 Å². The van der Waals surface area contributed by atoms with E-state index in [0.717, 1.165) is 42.5 Å². The summed E-state index contributed by atoms with van der Waals surface area (Å²) in [6, 6.07) is 14.0. The molecule has 1 saturated heterocycles. The van der Waals surface area contributed by atoms with Gasteiger partial charge in [-0.05, 0) is 30.3 Å². The summed E-state index contributed by atoms with van der Waals surface area (Å²) in [6.07, 6.45) is 5.83. The van der Waals surface area contributed by atoms with Crippen molar-refractivity contribution in [2.24, 2.45) is 0 Å². The Kier molecular flexibility index (Phi) is 4.11. The highest BCUT2D eigenvalue weighted by molar-refractivity contribution is 5.40. The van der Waals surface area contributed by atoms with Gasteiger partial charge in [0, 0.05) is 36.3 Å². The molecule has 0 unspecified atom stereocenters. The fourth-order valence-electron chi connectivity index (χ4n) is 3.07. The number of ether oxygens (including phenoxy) is 2. The lowest BCUT2D eigenvalue weighted by Crippen LogP contribution is -2.22. The smallest absolute Gasteiger partial charge is 0.138 e. The number of nitrogens with zero attached hydrogens (tertiary/aromatic N) is 2. The van der Waals surface area contributed by atoms with Crippen LogP contribution in [0.1, 0.15) is 17.6 Å². The van der Waals surface area contributed by atoms with Gasteiger partial charge in [-0.2, -0.15) is 0 Å². The average Bonchev–Trinajstić information content (AvgIpc) is 3.36. The van der Waals surface area contributed by atoms with Crippen LogP contribution in [0.15, 0.2) is 65.5 Å². The monoisotopic (exact) mass is 324 g/mol. The topological polar surface area (TPSA) is 39.8 Å². The van der Waals surface area contributed by atoms with Crippen molar-refractivity contribution in [2.75, 3.05) is 20.3 Å². The van der Waals surface area contributed by atoms with Crippen molar-refractivity contribution in [3.8, 4) is 11.4 Å². The second-order valence-corrected chi connectivity index (χ2v) is 5.83. The second-order valence-electron chi connectivity index (χ2n) is 5.83. The van der Waals surface area contributed by atoms with E-state index in [1.165, 1.54) is 0 Å². The molecule has 124 valence electrons. The first-order valence-corrected chi connectivity index (χ1v) is 8.04. The Morgan fingerprint density at radius 2 is 2.17 bits per heavy atom. The van der Waals surface area contributed by atoms with Gasteiger partial charge in [-0.25, -0.2) is 0 Å². The zero-order valence-corrected chi connectivity index (χ0v) is 13.6. The molecule has 0 spiro atoms. The molecule has 0 bridgehead atoms. The Morgan fingerprint density at radius 1 is 1.21 bits per heavy atom. The van der Waals surface area contributed by atoms with E-state index in [-0.39, 0.29) is 6.23 Å². The highest BCUT2D eigenvalue weighted by Gasteiger charge is 2.28. The average molecular weight is 324 g/mol. The predicted molar refractivity (Wildman–Crippen MR) is 90.1 cm³/mol. The highest BCUT2D eigenvalue weighted by atomic mass is 16.5. The minimum absolute atomic E-state index is 0.0399. The van der Waals surface area contributed by atoms with Crippen LogP contribution in [-0.2, 0) is 11.3 Å². The van der Waals surface area contributed by atoms with Gasteiger partial charge < -0.3 is 18.5 Å². The molecular weight excluding hydrogens is 304 g/mol. The third-order valence-corrected chi connectivity index (χ3v) is 4.28. The molecule has 0 radical (unpaired) electrons. The maximum absolute atomic E-state index is 5.94. The molecule has 1 aromatic carbocycles. The molecule has 1 aliphatic heterocycles. The summed E-state index contributed by atoms with van der Waals surface area (Å²) in [4.78, 5) is 2.28. The number of methoxy groups -OCH3 is 1. The summed E-state index contributed by atoms with van der Waals surface area (Å²) in [5.74, 6) is 1.80. The van der Waals surface area contributed by atoms with Crippen LogP contribution < -0.4 is 4.74 Å². The quantitative estimate of drug-likeness (QED) is 0.719. The number of rotatable bonds is 5. The van der Waals surface area contributed by atoms with E-state index in [4.69, 9.17) is 13.9 Å². The minimum Gasteiger partial charge on any atom is -0.497 e. The number of benzene rings is 1. The standard InChI is InChI=1S/C19H20N2O3/c1-22-17-5-2-4-16(12-17)20-8-7-15(13-20)19-21(9-11-24-19)14-18-6-3-10-23-18/h2-8,10,12-13,19H,9,11,14H2,1H3/t19-/m1/s1. The Balaban J connectivity index is 1.55. The van der Waals surface area contributed by atoms with Crippen molar-refractivity contribution in [2.45, 2.75) is 12.8 Å². The van der Waals surface area contributed by atoms with Crippen molar-refractivity contribution in [3.05, 3.63) is 72.4 Å². The number of hydrogen-bond acceptors (Lipinski definition) is 4. The molecule has 0 saturated carbocycles. The fraction of sp³-hybridized carbons (Fsp3) is 0.263. The number of furan rings is 1. The maximum atomic E-state index is 5.94. The Hall–Kier alpha value is -2.50. The first-order chi connectivity index (χ1) is 11.8. The van der Waals surface area contributed by atoms with E-state index >= 15 is 0 Å². The van der Waals surface area contributed by atoms with Crippen molar-refractivity contribution >= 4 is 0 Å². The van der Waals surface area contributed by atoms with Crippen LogP contribution in [-0.4, -0.2) is 29.7 Å². The molecule has 5 heteroatoms. The first-order valence-electron chi connectivity index (χ1n) is 8.04. The molecule has 0 N–H and O–H groups in total. The highest BCUT2D eigenvalue weighted by Crippen LogP contribution is 2.29. The van der Waals surface area contributed by atoms with E-state index in [9.17, 15) is 0 Å². The van der Waals surface area contributed by atoms with Gasteiger partial charge in [-0.1, -0.05) is 6.07 Å². The molecular formula is C19H20N2O3. The Bertz CT molecular complexity index is 795. The molecule has 3 aromatic rings. The zero-order chi connectivity index (χ0) is 16.4. The molecule has 5 nitrogen and oxygen atoms in total. The molecule has 1 atom stereocenters. The van der Waals surface area contributed by atoms with E-state index in [1.54, 1.807) is 13.4 Å². The normalized spacial score (nSPS) is 18.1. The minimum atomic E-state index is -0.0399. The van der Waals surface area contributed by atoms with Crippen LogP contribution in [0.3, 0.4) is 0 Å². The predicted octanol–water partition coefficient (Wildman–Crippen LogP) is 3.61. The van der Waals surface area contributed by atoms with Crippen LogP contribution in [0.2, 0.25) is 0 Å². The third-order valence-electron chi connectivity index (χ3n) is 4.28. The molecule has 1 fully saturated rings. The van der Waals surface area contributed by atoms with Gasteiger partial charge in [0.2, 0.25) is 0 Å². The van der Waals surface area contributed by atoms with Crippen LogP contribution in [0.4, 0.5) is 0 Å². The summed E-state index contributed by atoms with van der Waals surface area (Å²) in [5, 5.41) is 0. The number of hydrogen-bond donors (Lipinski definition) is 0. The van der Waals surface area contributed by atoms with Gasteiger partial charge >= 0.3 is 0 Å². The first kappa shape index (κ1) is 15.1. The molecule has 0 amide bonds. The Morgan fingerprint density at radius 3 is 3.00 bits per heavy atom. The van der Waals surface area contributed by atoms with Crippen LogP contribution in [0, 0.1) is 0 Å². The van der Waals surface area contributed by atoms with Gasteiger partial charge in [0.25, 0.3) is 0 Å². The molecule has 3 heterocycles. The van der Waals surface area contributed by atoms with Gasteiger partial charge in [-0.3, -0.25) is 4.90 Å². The SMILES string of the molecule is COc1cccc(-n2ccc([C@H]3OCCN3Cc3ccco3)c2)c1. The zero-order valence-electron chi connectivity index (χ0n) is 13.6. The molecule has 2 aromatic heterocycles. The third kappa shape index (κ3) is 2.96. The largest absolute Gasteiger partial charge is 0.497 e. The molecule has 1 aliphatic rings. The van der Waals surface area contributed by atoms with E-state index in [0.29, 0.717) is 0 Å². The van der Waals surface area contributed by atoms with Gasteiger partial charge in [0.15, 0.2) is 0 Å². The molecule has 24 heavy (non-hydrogen) atoms. The lowest BCUT2D eigenvalue weighted by Gasteiger charge is -2.21.